The van der Waals surface area contributed by atoms with Crippen LogP contribution in [0.5, 0.6) is 0 Å². The molecule has 3 aromatic rings. The van der Waals surface area contributed by atoms with Crippen molar-refractivity contribution < 1.29 is 14.3 Å². The Morgan fingerprint density at radius 3 is 2.21 bits per heavy atom. The molecule has 2 N–H and O–H groups in total. The number of carbonyl (C=O) groups is 2. The highest BCUT2D eigenvalue weighted by Crippen LogP contribution is 2.17. The average Bonchev–Trinajstić information content (AvgIpc) is 2.67. The number of anilines is 3. The van der Waals surface area contributed by atoms with Crippen LogP contribution in [0.4, 0.5) is 17.3 Å². The number of esters is 1. The number of hydrogen-bond acceptors (Lipinski definition) is 6. The third-order valence-electron chi connectivity index (χ3n) is 3.93. The summed E-state index contributed by atoms with van der Waals surface area (Å²) in [5.74, 6) is -0.449. The maximum absolute atomic E-state index is 12.4. The smallest absolute Gasteiger partial charge is 0.337 e. The van der Waals surface area contributed by atoms with Crippen molar-refractivity contribution in [3.8, 4) is 0 Å². The minimum atomic E-state index is -0.471. The van der Waals surface area contributed by atoms with Crippen molar-refractivity contribution in [2.45, 2.75) is 13.8 Å². The fourth-order valence-electron chi connectivity index (χ4n) is 2.73. The first-order valence-corrected chi connectivity index (χ1v) is 8.62. The van der Waals surface area contributed by atoms with E-state index in [9.17, 15) is 9.59 Å². The summed E-state index contributed by atoms with van der Waals surface area (Å²) in [6, 6.07) is 12.6. The van der Waals surface area contributed by atoms with Crippen LogP contribution in [0.2, 0.25) is 0 Å². The van der Waals surface area contributed by atoms with E-state index < -0.39 is 5.97 Å². The Morgan fingerprint density at radius 2 is 1.57 bits per heavy atom. The number of hydrogen-bond donors (Lipinski definition) is 2. The van der Waals surface area contributed by atoms with Crippen molar-refractivity contribution in [1.29, 1.82) is 0 Å². The molecule has 0 unspecified atom stereocenters. The molecule has 0 aliphatic rings. The first-order valence-electron chi connectivity index (χ1n) is 8.62. The molecule has 7 heteroatoms. The molecule has 0 radical (unpaired) electrons. The molecule has 0 fully saturated rings. The second-order valence-corrected chi connectivity index (χ2v) is 6.32. The van der Waals surface area contributed by atoms with Gasteiger partial charge in [0.05, 0.1) is 18.2 Å². The fourth-order valence-corrected chi connectivity index (χ4v) is 2.73. The number of nitrogens with zero attached hydrogens (tertiary/aromatic N) is 2. The van der Waals surface area contributed by atoms with Crippen molar-refractivity contribution in [1.82, 2.24) is 9.97 Å². The summed E-state index contributed by atoms with van der Waals surface area (Å²) in [6.07, 6.45) is 2.88. The zero-order valence-electron chi connectivity index (χ0n) is 15.8. The van der Waals surface area contributed by atoms with Crippen LogP contribution in [0.3, 0.4) is 0 Å². The molecule has 0 spiro atoms. The van der Waals surface area contributed by atoms with E-state index in [0.29, 0.717) is 22.8 Å². The van der Waals surface area contributed by atoms with Crippen LogP contribution in [0, 0.1) is 13.8 Å². The SMILES string of the molecule is COC(=O)c1cccc(NC(=O)c2cnc(Nc3cc(C)cc(C)c3)nc2)c1. The van der Waals surface area contributed by atoms with Crippen molar-refractivity contribution >= 4 is 29.2 Å². The van der Waals surface area contributed by atoms with Gasteiger partial charge in [-0.2, -0.15) is 0 Å². The van der Waals surface area contributed by atoms with Crippen LogP contribution in [-0.4, -0.2) is 29.0 Å². The quantitative estimate of drug-likeness (QED) is 0.657. The molecule has 0 bridgehead atoms. The van der Waals surface area contributed by atoms with Crippen molar-refractivity contribution in [2.24, 2.45) is 0 Å². The number of amides is 1. The summed E-state index contributed by atoms with van der Waals surface area (Å²) >= 11 is 0. The van der Waals surface area contributed by atoms with Gasteiger partial charge in [-0.05, 0) is 55.3 Å². The highest BCUT2D eigenvalue weighted by molar-refractivity contribution is 6.04. The maximum atomic E-state index is 12.4. The number of carbonyl (C=O) groups excluding carboxylic acids is 2. The monoisotopic (exact) mass is 376 g/mol. The molecule has 1 amide bonds. The van der Waals surface area contributed by atoms with Crippen LogP contribution in [0.25, 0.3) is 0 Å². The number of methoxy groups -OCH3 is 1. The van der Waals surface area contributed by atoms with Gasteiger partial charge < -0.3 is 15.4 Å². The van der Waals surface area contributed by atoms with E-state index in [1.54, 1.807) is 24.3 Å². The van der Waals surface area contributed by atoms with Gasteiger partial charge in [0.25, 0.3) is 5.91 Å². The molecular weight excluding hydrogens is 356 g/mol. The first kappa shape index (κ1) is 19.0. The van der Waals surface area contributed by atoms with Crippen LogP contribution in [0.1, 0.15) is 31.8 Å². The first-order chi connectivity index (χ1) is 13.4. The van der Waals surface area contributed by atoms with Gasteiger partial charge in [0.15, 0.2) is 0 Å². The second kappa shape index (κ2) is 8.30. The number of aryl methyl sites for hydroxylation is 2. The standard InChI is InChI=1S/C21H20N4O3/c1-13-7-14(2)9-18(8-13)25-21-22-11-16(12-23-21)19(26)24-17-6-4-5-15(10-17)20(27)28-3/h4-12H,1-3H3,(H,24,26)(H,22,23,25). The molecule has 3 rings (SSSR count). The third kappa shape index (κ3) is 4.70. The van der Waals surface area contributed by atoms with Crippen LogP contribution < -0.4 is 10.6 Å². The van der Waals surface area contributed by atoms with Gasteiger partial charge >= 0.3 is 5.97 Å². The lowest BCUT2D eigenvalue weighted by Crippen LogP contribution is -2.13. The van der Waals surface area contributed by atoms with Gasteiger partial charge in [0.1, 0.15) is 0 Å². The Balaban J connectivity index is 1.69. The minimum Gasteiger partial charge on any atom is -0.465 e. The van der Waals surface area contributed by atoms with E-state index in [4.69, 9.17) is 0 Å². The van der Waals surface area contributed by atoms with Crippen LogP contribution in [-0.2, 0) is 4.74 Å². The largest absolute Gasteiger partial charge is 0.465 e. The Morgan fingerprint density at radius 1 is 0.893 bits per heavy atom. The Hall–Kier alpha value is -3.74. The van der Waals surface area contributed by atoms with Crippen LogP contribution in [0.15, 0.2) is 54.9 Å². The molecule has 28 heavy (non-hydrogen) atoms. The van der Waals surface area contributed by atoms with Gasteiger partial charge in [0, 0.05) is 23.8 Å². The molecule has 1 heterocycles. The fraction of sp³-hybridized carbons (Fsp3) is 0.143. The third-order valence-corrected chi connectivity index (χ3v) is 3.93. The van der Waals surface area contributed by atoms with Crippen molar-refractivity contribution in [3.63, 3.8) is 0 Å². The number of benzene rings is 2. The predicted molar refractivity (Wildman–Crippen MR) is 107 cm³/mol. The second-order valence-electron chi connectivity index (χ2n) is 6.32. The molecule has 2 aromatic carbocycles. The van der Waals surface area contributed by atoms with Gasteiger partial charge in [-0.1, -0.05) is 12.1 Å². The molecule has 1 aromatic heterocycles. The summed E-state index contributed by atoms with van der Waals surface area (Å²) in [5.41, 5.74) is 4.28. The predicted octanol–water partition coefficient (Wildman–Crippen LogP) is 3.88. The number of aromatic nitrogens is 2. The highest BCUT2D eigenvalue weighted by atomic mass is 16.5. The summed E-state index contributed by atoms with van der Waals surface area (Å²) in [5, 5.41) is 5.84. The lowest BCUT2D eigenvalue weighted by Gasteiger charge is -2.09. The zero-order chi connectivity index (χ0) is 20.1. The minimum absolute atomic E-state index is 0.300. The van der Waals surface area contributed by atoms with Crippen molar-refractivity contribution in [3.05, 3.63) is 77.1 Å². The summed E-state index contributed by atoms with van der Waals surface area (Å²) in [7, 11) is 1.30. The lowest BCUT2D eigenvalue weighted by atomic mass is 10.1. The summed E-state index contributed by atoms with van der Waals surface area (Å²) in [4.78, 5) is 32.4. The number of rotatable bonds is 5. The van der Waals surface area contributed by atoms with E-state index in [1.807, 2.05) is 26.0 Å². The van der Waals surface area contributed by atoms with E-state index in [1.165, 1.54) is 19.5 Å². The highest BCUT2D eigenvalue weighted by Gasteiger charge is 2.10. The molecule has 0 aliphatic carbocycles. The average molecular weight is 376 g/mol. The van der Waals surface area contributed by atoms with E-state index in [-0.39, 0.29) is 5.91 Å². The molecule has 0 saturated heterocycles. The Kier molecular flexibility index (Phi) is 5.64. The number of nitrogens with one attached hydrogen (secondary N) is 2. The molecule has 7 nitrogen and oxygen atoms in total. The molecule has 142 valence electrons. The molecule has 0 atom stereocenters. The van der Waals surface area contributed by atoms with Gasteiger partial charge in [-0.15, -0.1) is 0 Å². The van der Waals surface area contributed by atoms with Gasteiger partial charge in [-0.25, -0.2) is 14.8 Å². The maximum Gasteiger partial charge on any atom is 0.337 e. The number of ether oxygens (including phenoxy) is 1. The Labute approximate surface area is 162 Å². The molecule has 0 aliphatic heterocycles. The molecular formula is C21H20N4O3. The van der Waals surface area contributed by atoms with Gasteiger partial charge in [0.2, 0.25) is 5.95 Å². The zero-order valence-corrected chi connectivity index (χ0v) is 15.8. The summed E-state index contributed by atoms with van der Waals surface area (Å²) < 4.78 is 4.68. The summed E-state index contributed by atoms with van der Waals surface area (Å²) in [6.45, 7) is 4.03. The van der Waals surface area contributed by atoms with Crippen LogP contribution >= 0.6 is 0 Å². The Bertz CT molecular complexity index is 996. The topological polar surface area (TPSA) is 93.2 Å². The lowest BCUT2D eigenvalue weighted by molar-refractivity contribution is 0.0600. The van der Waals surface area contributed by atoms with Gasteiger partial charge in [-0.3, -0.25) is 4.79 Å². The van der Waals surface area contributed by atoms with E-state index >= 15 is 0 Å². The van der Waals surface area contributed by atoms with Crippen molar-refractivity contribution in [2.75, 3.05) is 17.7 Å². The van der Waals surface area contributed by atoms with E-state index in [2.05, 4.69) is 31.4 Å². The normalized spacial score (nSPS) is 10.2. The van der Waals surface area contributed by atoms with E-state index in [0.717, 1.165) is 16.8 Å². The molecule has 0 saturated carbocycles.